The lowest BCUT2D eigenvalue weighted by atomic mass is 10.1. The summed E-state index contributed by atoms with van der Waals surface area (Å²) in [5, 5.41) is 18.7. The van der Waals surface area contributed by atoms with Crippen molar-refractivity contribution in [3.63, 3.8) is 0 Å². The van der Waals surface area contributed by atoms with Crippen LogP contribution in [0.4, 0.5) is 11.4 Å². The maximum absolute atomic E-state index is 12.9. The summed E-state index contributed by atoms with van der Waals surface area (Å²) in [7, 11) is -2.10. The molecule has 10 nitrogen and oxygen atoms in total. The molecular weight excluding hydrogens is 406 g/mol. The van der Waals surface area contributed by atoms with Crippen molar-refractivity contribution < 1.29 is 13.5 Å². The van der Waals surface area contributed by atoms with Gasteiger partial charge in [0.2, 0.25) is 0 Å². The summed E-state index contributed by atoms with van der Waals surface area (Å²) >= 11 is 0. The Morgan fingerprint density at radius 1 is 1.17 bits per heavy atom. The van der Waals surface area contributed by atoms with Gasteiger partial charge in [-0.05, 0) is 12.1 Å². The second kappa shape index (κ2) is 6.82. The highest BCUT2D eigenvalue weighted by molar-refractivity contribution is 7.92. The molecule has 2 N–H and O–H groups in total. The Morgan fingerprint density at radius 3 is 2.80 bits per heavy atom. The van der Waals surface area contributed by atoms with Crippen LogP contribution in [0.5, 0.6) is 0 Å². The van der Waals surface area contributed by atoms with Crippen LogP contribution in [0, 0.1) is 0 Å². The highest BCUT2D eigenvalue weighted by Gasteiger charge is 2.25. The van der Waals surface area contributed by atoms with Crippen molar-refractivity contribution in [1.29, 1.82) is 0 Å². The number of benzene rings is 1. The highest BCUT2D eigenvalue weighted by Crippen LogP contribution is 2.26. The van der Waals surface area contributed by atoms with E-state index >= 15 is 0 Å². The molecule has 0 saturated carbocycles. The predicted molar refractivity (Wildman–Crippen MR) is 111 cm³/mol. The monoisotopic (exact) mass is 425 g/mol. The van der Waals surface area contributed by atoms with Crippen LogP contribution >= 0.6 is 0 Å². The molecule has 4 heterocycles. The second-order valence-electron chi connectivity index (χ2n) is 7.17. The second-order valence-corrected chi connectivity index (χ2v) is 8.85. The van der Waals surface area contributed by atoms with Gasteiger partial charge < -0.3 is 10.0 Å². The number of anilines is 2. The fourth-order valence-electron chi connectivity index (χ4n) is 3.49. The Hall–Kier alpha value is -3.44. The molecule has 30 heavy (non-hydrogen) atoms. The molecule has 11 heteroatoms. The number of aryl methyl sites for hydroxylation is 1. The summed E-state index contributed by atoms with van der Waals surface area (Å²) in [5.41, 5.74) is 2.03. The summed E-state index contributed by atoms with van der Waals surface area (Å²) in [6, 6.07) is 8.98. The van der Waals surface area contributed by atoms with Crippen LogP contribution in [0.15, 0.2) is 60.0 Å². The lowest BCUT2D eigenvalue weighted by Gasteiger charge is -2.37. The van der Waals surface area contributed by atoms with Crippen molar-refractivity contribution in [3.8, 4) is 5.82 Å². The quantitative estimate of drug-likeness (QED) is 0.492. The van der Waals surface area contributed by atoms with Gasteiger partial charge in [-0.15, -0.1) is 0 Å². The van der Waals surface area contributed by atoms with Gasteiger partial charge in [0, 0.05) is 43.5 Å². The number of aromatic nitrogens is 5. The molecule has 1 saturated heterocycles. The fraction of sp³-hybridized carbons (Fsp3) is 0.211. The topological polar surface area (TPSA) is 118 Å². The van der Waals surface area contributed by atoms with Crippen LogP contribution in [0.1, 0.15) is 0 Å². The molecule has 154 valence electrons. The van der Waals surface area contributed by atoms with Gasteiger partial charge in [0.15, 0.2) is 5.82 Å². The fourth-order valence-corrected chi connectivity index (χ4v) is 4.48. The van der Waals surface area contributed by atoms with E-state index in [9.17, 15) is 13.5 Å². The number of β-amino-alcohol motifs (C(OH)–C–C–N with tert-alkyl or cyclic N) is 1. The maximum Gasteiger partial charge on any atom is 0.265 e. The van der Waals surface area contributed by atoms with Crippen molar-refractivity contribution in [2.24, 2.45) is 7.05 Å². The molecule has 1 aromatic carbocycles. The maximum atomic E-state index is 12.9. The molecule has 4 aromatic rings. The number of aliphatic hydroxyl groups excluding tert-OH is 1. The van der Waals surface area contributed by atoms with E-state index in [0.717, 1.165) is 11.1 Å². The largest absolute Gasteiger partial charge is 0.389 e. The third-order valence-corrected chi connectivity index (χ3v) is 6.39. The summed E-state index contributed by atoms with van der Waals surface area (Å²) < 4.78 is 31.5. The number of aliphatic hydroxyl groups is 1. The van der Waals surface area contributed by atoms with E-state index in [0.29, 0.717) is 30.1 Å². The first-order valence-electron chi connectivity index (χ1n) is 9.28. The lowest BCUT2D eigenvalue weighted by Crippen LogP contribution is -2.50. The lowest BCUT2D eigenvalue weighted by molar-refractivity contribution is 0.142. The van der Waals surface area contributed by atoms with Crippen molar-refractivity contribution in [3.05, 3.63) is 55.1 Å². The Balaban J connectivity index is 1.43. The average Bonchev–Trinajstić information content (AvgIpc) is 3.34. The molecule has 0 spiro atoms. The van der Waals surface area contributed by atoms with Gasteiger partial charge >= 0.3 is 0 Å². The van der Waals surface area contributed by atoms with Crippen LogP contribution in [0.25, 0.3) is 16.7 Å². The Labute approximate surface area is 172 Å². The number of pyridine rings is 1. The molecule has 1 aliphatic rings. The van der Waals surface area contributed by atoms with Gasteiger partial charge in [0.25, 0.3) is 10.0 Å². The SMILES string of the molecule is Cn1ncc2cccc(NS(=O)(=O)c3cnn(-c4cc(N5CC(O)C5)ccn4)c3)c21. The van der Waals surface area contributed by atoms with E-state index < -0.39 is 10.0 Å². The number of hydrogen-bond donors (Lipinski definition) is 2. The third kappa shape index (κ3) is 3.17. The number of rotatable bonds is 5. The minimum absolute atomic E-state index is 0.0215. The van der Waals surface area contributed by atoms with Gasteiger partial charge in [-0.3, -0.25) is 9.40 Å². The number of para-hydroxylation sites is 1. The molecular formula is C19H19N7O3S. The van der Waals surface area contributed by atoms with Crippen molar-refractivity contribution in [1.82, 2.24) is 24.5 Å². The first-order valence-corrected chi connectivity index (χ1v) is 10.8. The zero-order valence-corrected chi connectivity index (χ0v) is 16.9. The minimum Gasteiger partial charge on any atom is -0.389 e. The molecule has 0 unspecified atom stereocenters. The van der Waals surface area contributed by atoms with Crippen LogP contribution in [-0.2, 0) is 17.1 Å². The number of sulfonamides is 1. The number of nitrogens with zero attached hydrogens (tertiary/aromatic N) is 6. The van der Waals surface area contributed by atoms with E-state index in [4.69, 9.17) is 0 Å². The molecule has 1 fully saturated rings. The van der Waals surface area contributed by atoms with Gasteiger partial charge in [-0.1, -0.05) is 12.1 Å². The first kappa shape index (κ1) is 18.6. The van der Waals surface area contributed by atoms with Gasteiger partial charge in [0.05, 0.1) is 35.9 Å². The molecule has 1 aliphatic heterocycles. The Kier molecular flexibility index (Phi) is 4.22. The molecule has 0 amide bonds. The molecule has 0 bridgehead atoms. The smallest absolute Gasteiger partial charge is 0.265 e. The number of fused-ring (bicyclic) bond motifs is 1. The van der Waals surface area contributed by atoms with Crippen molar-refractivity contribution in [2.75, 3.05) is 22.7 Å². The average molecular weight is 425 g/mol. The number of nitrogens with one attached hydrogen (secondary N) is 1. The number of hydrogen-bond acceptors (Lipinski definition) is 7. The Morgan fingerprint density at radius 2 is 2.00 bits per heavy atom. The van der Waals surface area contributed by atoms with E-state index in [-0.39, 0.29) is 11.0 Å². The molecule has 5 rings (SSSR count). The van der Waals surface area contributed by atoms with Crippen molar-refractivity contribution in [2.45, 2.75) is 11.0 Å². The molecule has 0 radical (unpaired) electrons. The van der Waals surface area contributed by atoms with E-state index in [1.54, 1.807) is 42.3 Å². The molecule has 3 aromatic heterocycles. The van der Waals surface area contributed by atoms with Crippen LogP contribution in [-0.4, -0.2) is 57.3 Å². The van der Waals surface area contributed by atoms with Crippen molar-refractivity contribution >= 4 is 32.3 Å². The summed E-state index contributed by atoms with van der Waals surface area (Å²) in [5.74, 6) is 0.490. The molecule has 0 atom stereocenters. The first-order chi connectivity index (χ1) is 14.4. The van der Waals surface area contributed by atoms with Gasteiger partial charge in [-0.2, -0.15) is 10.2 Å². The van der Waals surface area contributed by atoms with Crippen LogP contribution < -0.4 is 9.62 Å². The highest BCUT2D eigenvalue weighted by atomic mass is 32.2. The Bertz CT molecular complexity index is 1340. The van der Waals surface area contributed by atoms with Gasteiger partial charge in [-0.25, -0.2) is 18.1 Å². The third-order valence-electron chi connectivity index (χ3n) is 5.07. The van der Waals surface area contributed by atoms with Gasteiger partial charge in [0.1, 0.15) is 4.90 Å². The van der Waals surface area contributed by atoms with Crippen LogP contribution in [0.3, 0.4) is 0 Å². The summed E-state index contributed by atoms with van der Waals surface area (Å²) in [6.45, 7) is 1.12. The zero-order valence-electron chi connectivity index (χ0n) is 16.0. The summed E-state index contributed by atoms with van der Waals surface area (Å²) in [6.07, 6.45) is 5.70. The van der Waals surface area contributed by atoms with E-state index in [1.807, 2.05) is 17.0 Å². The minimum atomic E-state index is -3.86. The van der Waals surface area contributed by atoms with Crippen LogP contribution in [0.2, 0.25) is 0 Å². The van der Waals surface area contributed by atoms with E-state index in [2.05, 4.69) is 19.9 Å². The predicted octanol–water partition coefficient (Wildman–Crippen LogP) is 1.14. The molecule has 0 aliphatic carbocycles. The van der Waals surface area contributed by atoms with E-state index in [1.165, 1.54) is 17.1 Å². The normalized spacial score (nSPS) is 14.8. The zero-order chi connectivity index (χ0) is 20.9. The standard InChI is InChI=1S/C19H19N7O3S/c1-24-19-13(8-21-24)3-2-4-17(19)23-30(28,29)16-9-22-26(12-16)18-7-14(5-6-20-18)25-10-15(27)11-25/h2-9,12,15,23,27H,10-11H2,1H3. The summed E-state index contributed by atoms with van der Waals surface area (Å²) in [4.78, 5) is 6.31.